The van der Waals surface area contributed by atoms with Gasteiger partial charge in [0.05, 0.1) is 21.3 Å². The first kappa shape index (κ1) is 16.6. The van der Waals surface area contributed by atoms with Gasteiger partial charge in [-0.1, -0.05) is 35.3 Å². The zero-order chi connectivity index (χ0) is 17.7. The quantitative estimate of drug-likeness (QED) is 0.741. The van der Waals surface area contributed by atoms with Crippen molar-refractivity contribution in [2.45, 2.75) is 26.2 Å². The summed E-state index contributed by atoms with van der Waals surface area (Å²) in [5.41, 5.74) is 3.60. The van der Waals surface area contributed by atoms with Crippen LogP contribution in [0.5, 0.6) is 0 Å². The lowest BCUT2D eigenvalue weighted by molar-refractivity contribution is -0.117. The highest BCUT2D eigenvalue weighted by Gasteiger charge is 2.41. The first-order chi connectivity index (χ1) is 12.0. The van der Waals surface area contributed by atoms with Crippen molar-refractivity contribution in [1.82, 2.24) is 4.98 Å². The number of Topliss-reactive ketones (excluding diaryl/α,β-unsaturated/α-hetero) is 1. The lowest BCUT2D eigenvalue weighted by Gasteiger charge is -2.23. The normalized spacial score (nSPS) is 22.6. The van der Waals surface area contributed by atoms with E-state index in [4.69, 9.17) is 23.2 Å². The van der Waals surface area contributed by atoms with E-state index in [1.54, 1.807) is 12.3 Å². The molecule has 0 spiro atoms. The summed E-state index contributed by atoms with van der Waals surface area (Å²) in [5.74, 6) is 0.449. The van der Waals surface area contributed by atoms with Gasteiger partial charge >= 0.3 is 0 Å². The molecule has 0 aliphatic heterocycles. The van der Waals surface area contributed by atoms with E-state index in [-0.39, 0.29) is 23.4 Å². The number of halogens is 2. The molecule has 1 heterocycles. The fraction of sp³-hybridized carbons (Fsp3) is 0.300. The molecule has 128 valence electrons. The SMILES string of the molecule is Cc1ccc(-c2ncc(Cl)cc2Cl)cc1C1=C(O)[C@@H]2CC[C@@H](C2)C1=O. The Morgan fingerprint density at radius 3 is 2.68 bits per heavy atom. The molecule has 0 radical (unpaired) electrons. The summed E-state index contributed by atoms with van der Waals surface area (Å²) in [5, 5.41) is 11.6. The average molecular weight is 374 g/mol. The first-order valence-corrected chi connectivity index (χ1v) is 9.11. The van der Waals surface area contributed by atoms with Gasteiger partial charge in [0.25, 0.3) is 0 Å². The van der Waals surface area contributed by atoms with Gasteiger partial charge < -0.3 is 5.11 Å². The number of hydrogen-bond acceptors (Lipinski definition) is 3. The van der Waals surface area contributed by atoms with Crippen LogP contribution in [0.25, 0.3) is 16.8 Å². The Morgan fingerprint density at radius 2 is 1.92 bits per heavy atom. The standard InChI is InChI=1S/C20H17Cl2NO2/c1-10-2-3-11(18-16(22)8-14(21)9-23-18)7-15(10)17-19(24)12-4-5-13(6-12)20(17)25/h2-3,7-9,12-13,24H,4-6H2,1H3/t12-,13+/m1/s1. The van der Waals surface area contributed by atoms with Crippen LogP contribution >= 0.6 is 23.2 Å². The minimum atomic E-state index is 0.0381. The molecule has 0 saturated heterocycles. The molecular weight excluding hydrogens is 357 g/mol. The van der Waals surface area contributed by atoms with Crippen LogP contribution in [-0.4, -0.2) is 15.9 Å². The molecule has 1 saturated carbocycles. The molecule has 25 heavy (non-hydrogen) atoms. The number of allylic oxidation sites excluding steroid dienone is 2. The van der Waals surface area contributed by atoms with Gasteiger partial charge in [-0.15, -0.1) is 0 Å². The number of nitrogens with zero attached hydrogens (tertiary/aromatic N) is 1. The van der Waals surface area contributed by atoms with Crippen molar-refractivity contribution in [3.8, 4) is 11.3 Å². The summed E-state index contributed by atoms with van der Waals surface area (Å²) in [6.45, 7) is 1.94. The molecule has 3 nitrogen and oxygen atoms in total. The molecule has 1 N–H and O–H groups in total. The van der Waals surface area contributed by atoms with Crippen molar-refractivity contribution in [2.24, 2.45) is 11.8 Å². The van der Waals surface area contributed by atoms with E-state index < -0.39 is 0 Å². The zero-order valence-electron chi connectivity index (χ0n) is 13.7. The van der Waals surface area contributed by atoms with Crippen molar-refractivity contribution in [3.63, 3.8) is 0 Å². The molecule has 5 heteroatoms. The Labute approximate surface area is 156 Å². The second-order valence-electron chi connectivity index (χ2n) is 6.85. The Morgan fingerprint density at radius 1 is 1.16 bits per heavy atom. The molecule has 2 bridgehead atoms. The van der Waals surface area contributed by atoms with Crippen LogP contribution in [-0.2, 0) is 4.79 Å². The molecule has 0 unspecified atom stereocenters. The number of carbonyl (C=O) groups excluding carboxylic acids is 1. The van der Waals surface area contributed by atoms with Crippen molar-refractivity contribution in [1.29, 1.82) is 0 Å². The first-order valence-electron chi connectivity index (χ1n) is 8.35. The van der Waals surface area contributed by atoms with E-state index in [2.05, 4.69) is 4.98 Å². The molecule has 2 atom stereocenters. The van der Waals surface area contributed by atoms with Gasteiger partial charge in [0.1, 0.15) is 5.76 Å². The van der Waals surface area contributed by atoms with Crippen LogP contribution in [0.15, 0.2) is 36.2 Å². The fourth-order valence-electron chi connectivity index (χ4n) is 3.94. The molecule has 2 aliphatic carbocycles. The Hall–Kier alpha value is -1.84. The zero-order valence-corrected chi connectivity index (χ0v) is 15.2. The van der Waals surface area contributed by atoms with Crippen molar-refractivity contribution in [2.75, 3.05) is 0 Å². The number of aryl methyl sites for hydroxylation is 1. The highest BCUT2D eigenvalue weighted by Crippen LogP contribution is 2.46. The largest absolute Gasteiger partial charge is 0.511 e. The van der Waals surface area contributed by atoms with Crippen molar-refractivity contribution in [3.05, 3.63) is 57.4 Å². The average Bonchev–Trinajstić information content (AvgIpc) is 3.02. The Kier molecular flexibility index (Phi) is 4.09. The molecule has 4 rings (SSSR count). The lowest BCUT2D eigenvalue weighted by atomic mass is 9.81. The highest BCUT2D eigenvalue weighted by atomic mass is 35.5. The van der Waals surface area contributed by atoms with E-state index in [9.17, 15) is 9.90 Å². The van der Waals surface area contributed by atoms with Gasteiger partial charge in [0.2, 0.25) is 0 Å². The Balaban J connectivity index is 1.86. The molecule has 1 aromatic carbocycles. The number of carbonyl (C=O) groups is 1. The topological polar surface area (TPSA) is 50.2 Å². The van der Waals surface area contributed by atoms with E-state index in [0.29, 0.717) is 21.3 Å². The minimum Gasteiger partial charge on any atom is -0.511 e. The van der Waals surface area contributed by atoms with Gasteiger partial charge in [-0.2, -0.15) is 0 Å². The summed E-state index contributed by atoms with van der Waals surface area (Å²) in [4.78, 5) is 17.1. The summed E-state index contributed by atoms with van der Waals surface area (Å²) in [6.07, 6.45) is 4.07. The molecule has 0 amide bonds. The van der Waals surface area contributed by atoms with Crippen LogP contribution in [0.1, 0.15) is 30.4 Å². The van der Waals surface area contributed by atoms with Crippen LogP contribution in [0, 0.1) is 18.8 Å². The van der Waals surface area contributed by atoms with E-state index >= 15 is 0 Å². The number of ketones is 1. The molecule has 1 fully saturated rings. The molecule has 2 aromatic rings. The predicted octanol–water partition coefficient (Wildman–Crippen LogP) is 5.63. The van der Waals surface area contributed by atoms with Gasteiger partial charge in [-0.05, 0) is 49.4 Å². The predicted molar refractivity (Wildman–Crippen MR) is 99.8 cm³/mol. The smallest absolute Gasteiger partial charge is 0.169 e. The number of fused-ring (bicyclic) bond motifs is 2. The maximum absolute atomic E-state index is 12.8. The third-order valence-electron chi connectivity index (χ3n) is 5.28. The van der Waals surface area contributed by atoms with Crippen molar-refractivity contribution >= 4 is 34.6 Å². The highest BCUT2D eigenvalue weighted by molar-refractivity contribution is 6.36. The maximum atomic E-state index is 12.8. The molecular formula is C20H17Cl2NO2. The van der Waals surface area contributed by atoms with Crippen LogP contribution in [0.2, 0.25) is 10.0 Å². The number of aliphatic hydroxyl groups excluding tert-OH is 1. The number of aliphatic hydroxyl groups is 1. The van der Waals surface area contributed by atoms with E-state index in [1.165, 1.54) is 0 Å². The summed E-state index contributed by atoms with van der Waals surface area (Å²) in [6, 6.07) is 7.39. The van der Waals surface area contributed by atoms with Gasteiger partial charge in [0.15, 0.2) is 5.78 Å². The second-order valence-corrected chi connectivity index (χ2v) is 7.69. The summed E-state index contributed by atoms with van der Waals surface area (Å²) in [7, 11) is 0. The van der Waals surface area contributed by atoms with Crippen LogP contribution < -0.4 is 0 Å². The number of hydrogen-bond donors (Lipinski definition) is 1. The number of rotatable bonds is 2. The number of pyridine rings is 1. The molecule has 1 aromatic heterocycles. The number of benzene rings is 1. The fourth-order valence-corrected chi connectivity index (χ4v) is 4.43. The van der Waals surface area contributed by atoms with Crippen LogP contribution in [0.3, 0.4) is 0 Å². The minimum absolute atomic E-state index is 0.0381. The third kappa shape index (κ3) is 2.76. The lowest BCUT2D eigenvalue weighted by Crippen LogP contribution is -2.21. The summed E-state index contributed by atoms with van der Waals surface area (Å²) < 4.78 is 0. The maximum Gasteiger partial charge on any atom is 0.169 e. The van der Waals surface area contributed by atoms with Gasteiger partial charge in [0, 0.05) is 23.6 Å². The monoisotopic (exact) mass is 373 g/mol. The van der Waals surface area contributed by atoms with Crippen molar-refractivity contribution < 1.29 is 9.90 Å². The van der Waals surface area contributed by atoms with Gasteiger partial charge in [-0.3, -0.25) is 9.78 Å². The van der Waals surface area contributed by atoms with E-state index in [0.717, 1.165) is 36.0 Å². The third-order valence-corrected chi connectivity index (χ3v) is 5.78. The van der Waals surface area contributed by atoms with E-state index in [1.807, 2.05) is 25.1 Å². The number of aromatic nitrogens is 1. The summed E-state index contributed by atoms with van der Waals surface area (Å²) >= 11 is 12.2. The molecule has 2 aliphatic rings. The Bertz CT molecular complexity index is 920. The second kappa shape index (κ2) is 6.15. The van der Waals surface area contributed by atoms with Gasteiger partial charge in [-0.25, -0.2) is 0 Å². The van der Waals surface area contributed by atoms with Crippen LogP contribution in [0.4, 0.5) is 0 Å².